The molecule has 550 valence electrons. The second-order valence-electron chi connectivity index (χ2n) is 34.8. The average Bonchev–Trinajstić information content (AvgIpc) is 0.732. The molecule has 0 N–H and O–H groups in total. The van der Waals surface area contributed by atoms with E-state index in [1.165, 1.54) is 250 Å². The predicted molar refractivity (Wildman–Crippen MR) is 420 cm³/mol. The molecule has 0 aliphatic carbocycles. The first-order valence-corrected chi connectivity index (χ1v) is 42.2. The largest absolute Gasteiger partial charge is 0.460 e. The summed E-state index contributed by atoms with van der Waals surface area (Å²) >= 11 is 0. The van der Waals surface area contributed by atoms with Crippen molar-refractivity contribution in [3.63, 3.8) is 0 Å². The molecule has 0 aliphatic rings. The molecular formula is C91H174O2. The summed E-state index contributed by atoms with van der Waals surface area (Å²) in [6.07, 6.45) is 50.4. The van der Waals surface area contributed by atoms with Crippen LogP contribution in [-0.4, -0.2) is 5.97 Å². The summed E-state index contributed by atoms with van der Waals surface area (Å²) in [6.45, 7) is 72.9. The second kappa shape index (κ2) is 40.8. The number of esters is 1. The summed E-state index contributed by atoms with van der Waals surface area (Å²) < 4.78 is 7.06. The van der Waals surface area contributed by atoms with Gasteiger partial charge in [-0.2, -0.15) is 0 Å². The predicted octanol–water partition coefficient (Wildman–Crippen LogP) is 31.7. The summed E-state index contributed by atoms with van der Waals surface area (Å²) in [4.78, 5) is 16.7. The monoisotopic (exact) mass is 1300 g/mol. The van der Waals surface area contributed by atoms with Crippen molar-refractivity contribution in [1.29, 1.82) is 0 Å². The lowest BCUT2D eigenvalue weighted by Crippen LogP contribution is -2.52. The van der Waals surface area contributed by atoms with Crippen LogP contribution in [0, 0.1) is 76.3 Å². The zero-order valence-corrected chi connectivity index (χ0v) is 69.5. The van der Waals surface area contributed by atoms with E-state index in [9.17, 15) is 0 Å². The van der Waals surface area contributed by atoms with E-state index in [2.05, 4.69) is 224 Å². The van der Waals surface area contributed by atoms with Crippen LogP contribution < -0.4 is 0 Å². The van der Waals surface area contributed by atoms with Gasteiger partial charge in [-0.05, 0) is 173 Å². The summed E-state index contributed by atoms with van der Waals surface area (Å²) in [7, 11) is 0. The van der Waals surface area contributed by atoms with Gasteiger partial charge in [-0.3, -0.25) is 4.79 Å². The van der Waals surface area contributed by atoms with Gasteiger partial charge in [-0.25, -0.2) is 0 Å². The molecule has 1 aromatic carbocycles. The van der Waals surface area contributed by atoms with Crippen LogP contribution in [0.5, 0.6) is 0 Å². The van der Waals surface area contributed by atoms with E-state index < -0.39 is 5.41 Å². The third-order valence-electron chi connectivity index (χ3n) is 31.5. The molecule has 0 heterocycles. The smallest absolute Gasteiger partial charge is 0.312 e. The summed E-state index contributed by atoms with van der Waals surface area (Å²) in [5.41, 5.74) is 1.98. The Morgan fingerprint density at radius 2 is 0.505 bits per heavy atom. The molecule has 0 saturated carbocycles. The zero-order valence-electron chi connectivity index (χ0n) is 69.5. The Balaban J connectivity index is 6.25. The Hall–Kier alpha value is -1.31. The van der Waals surface area contributed by atoms with Gasteiger partial charge in [0.15, 0.2) is 0 Å². The van der Waals surface area contributed by atoms with E-state index in [4.69, 9.17) is 4.74 Å². The first-order chi connectivity index (χ1) is 44.0. The number of hydrogen-bond donors (Lipinski definition) is 0. The van der Waals surface area contributed by atoms with Crippen molar-refractivity contribution < 1.29 is 9.53 Å². The van der Waals surface area contributed by atoms with Crippen LogP contribution in [0.3, 0.4) is 0 Å². The Morgan fingerprint density at radius 1 is 0.290 bits per heavy atom. The molecule has 0 saturated heterocycles. The lowest BCUT2D eigenvalue weighted by molar-refractivity contribution is -0.164. The molecule has 2 unspecified atom stereocenters. The van der Waals surface area contributed by atoms with Crippen molar-refractivity contribution in [2.24, 2.45) is 76.3 Å². The van der Waals surface area contributed by atoms with Crippen molar-refractivity contribution in [3.05, 3.63) is 35.9 Å². The third kappa shape index (κ3) is 23.4. The van der Waals surface area contributed by atoms with E-state index in [0.717, 1.165) is 18.4 Å². The lowest BCUT2D eigenvalue weighted by Gasteiger charge is -2.62. The maximum Gasteiger partial charge on any atom is 0.312 e. The zero-order chi connectivity index (χ0) is 71.2. The molecule has 0 aromatic heterocycles. The molecule has 1 aromatic rings. The fourth-order valence-corrected chi connectivity index (χ4v) is 22.8. The second-order valence-corrected chi connectivity index (χ2v) is 34.8. The highest BCUT2D eigenvalue weighted by Crippen LogP contribution is 2.71. The molecule has 93 heavy (non-hydrogen) atoms. The number of benzene rings is 1. The first-order valence-electron chi connectivity index (χ1n) is 42.2. The molecule has 2 heteroatoms. The highest BCUT2D eigenvalue weighted by molar-refractivity contribution is 5.76. The van der Waals surface area contributed by atoms with Crippen molar-refractivity contribution in [2.45, 2.75) is 464 Å². The lowest BCUT2D eigenvalue weighted by atomic mass is 9.43. The number of carbonyl (C=O) groups is 1. The molecule has 2 nitrogen and oxygen atoms in total. The van der Waals surface area contributed by atoms with Gasteiger partial charge < -0.3 is 4.74 Å². The van der Waals surface area contributed by atoms with Crippen LogP contribution >= 0.6 is 0 Å². The Morgan fingerprint density at radius 3 is 0.720 bits per heavy atom. The van der Waals surface area contributed by atoms with E-state index in [-0.39, 0.29) is 70.9 Å². The molecule has 0 radical (unpaired) electrons. The third-order valence-corrected chi connectivity index (χ3v) is 31.5. The number of ether oxygens (including phenoxy) is 1. The van der Waals surface area contributed by atoms with Gasteiger partial charge in [-0.15, -0.1) is 0 Å². The highest BCUT2D eigenvalue weighted by Gasteiger charge is 2.60. The molecule has 0 bridgehead atoms. The van der Waals surface area contributed by atoms with Crippen LogP contribution in [0.4, 0.5) is 0 Å². The molecule has 1 rings (SSSR count). The van der Waals surface area contributed by atoms with Crippen LogP contribution in [0.25, 0.3) is 0 Å². The van der Waals surface area contributed by atoms with Gasteiger partial charge in [0.05, 0.1) is 5.41 Å². The van der Waals surface area contributed by atoms with Crippen molar-refractivity contribution in [2.75, 3.05) is 0 Å². The molecule has 0 spiro atoms. The molecule has 0 amide bonds. The van der Waals surface area contributed by atoms with Gasteiger partial charge in [0.25, 0.3) is 0 Å². The Bertz CT molecular complexity index is 1800. The molecule has 2 atom stereocenters. The fraction of sp³-hybridized carbons (Fsp3) is 0.923. The van der Waals surface area contributed by atoms with Crippen molar-refractivity contribution >= 4 is 5.97 Å². The minimum atomic E-state index is -0.710. The summed E-state index contributed by atoms with van der Waals surface area (Å²) in [6, 6.07) is 10.7. The number of carbonyl (C=O) groups excluding carboxylic acids is 1. The Kier molecular flexibility index (Phi) is 39.4. The maximum absolute atomic E-state index is 16.7. The normalized spacial score (nSPS) is 15.1. The maximum atomic E-state index is 16.7. The number of rotatable bonds is 57. The van der Waals surface area contributed by atoms with E-state index in [1.54, 1.807) is 0 Å². The standard InChI is InChI=1S/C91H174O2/c1-29-59-76(30-2)62-88(65-80(32-4,33-5)34-6,66-81(35-7,36-8)37-9)73-89(64-79(28,31-3)78(92)93-63-77-60-57-56-58-61-77,74-90(67-82(38-10,39-11)40-12,68-83(41-13,42-14)43-15)69-84(44-16,45-17)46-18)75-91(70-85(47-19,48-20)49-21,71-86(50-22,51-23)52-24)72-87(53-25,54-26)55-27/h56-58,60-61,76H,29-55,59,62-75H2,1-28H3. The van der Waals surface area contributed by atoms with Gasteiger partial charge in [-0.1, -0.05) is 391 Å². The van der Waals surface area contributed by atoms with E-state index >= 15 is 4.79 Å². The van der Waals surface area contributed by atoms with Gasteiger partial charge in [0, 0.05) is 0 Å². The van der Waals surface area contributed by atoms with Gasteiger partial charge >= 0.3 is 5.97 Å². The van der Waals surface area contributed by atoms with Crippen molar-refractivity contribution in [3.8, 4) is 0 Å². The van der Waals surface area contributed by atoms with Crippen LogP contribution in [0.2, 0.25) is 0 Å². The number of hydrogen-bond acceptors (Lipinski definition) is 2. The highest BCUT2D eigenvalue weighted by atomic mass is 16.5. The molecule has 0 fully saturated rings. The SMILES string of the molecule is CCCC(CC)CC(CC(CC)(CC)CC)(CC(CC)(CC)CC)CC(CC(CC(CC)(CC)CC)(CC(CC)(CC)CC)CC(CC)(CC)CC)(CC(CC(CC)(CC)CC)(CC(CC)(CC)CC)CC(CC)(CC)CC)CC(C)(CC)C(=O)OCc1ccccc1. The van der Waals surface area contributed by atoms with Crippen LogP contribution in [-0.2, 0) is 16.1 Å². The minimum Gasteiger partial charge on any atom is -0.460 e. The van der Waals surface area contributed by atoms with Gasteiger partial charge in [0.1, 0.15) is 6.61 Å². The molecular weight excluding hydrogens is 1120 g/mol. The van der Waals surface area contributed by atoms with Crippen molar-refractivity contribution in [1.82, 2.24) is 0 Å². The van der Waals surface area contributed by atoms with Gasteiger partial charge in [0.2, 0.25) is 0 Å². The average molecular weight is 1300 g/mol. The van der Waals surface area contributed by atoms with E-state index in [0.29, 0.717) is 12.5 Å². The minimum absolute atomic E-state index is 0.0144. The fourth-order valence-electron chi connectivity index (χ4n) is 22.8. The Labute approximate surface area is 588 Å². The first kappa shape index (κ1) is 89.7. The van der Waals surface area contributed by atoms with E-state index in [1.807, 2.05) is 0 Å². The summed E-state index contributed by atoms with van der Waals surface area (Å²) in [5, 5.41) is 0. The van der Waals surface area contributed by atoms with Crippen LogP contribution in [0.15, 0.2) is 30.3 Å². The molecule has 0 aliphatic heterocycles. The quantitative estimate of drug-likeness (QED) is 0.0608. The topological polar surface area (TPSA) is 26.3 Å². The van der Waals surface area contributed by atoms with Crippen LogP contribution in [0.1, 0.15) is 463 Å². The summed E-state index contributed by atoms with van der Waals surface area (Å²) in [5.74, 6) is 0.720.